The predicted molar refractivity (Wildman–Crippen MR) is 150 cm³/mol. The van der Waals surface area contributed by atoms with Gasteiger partial charge in [-0.2, -0.15) is 0 Å². The Balaban J connectivity index is 1.37. The molecule has 1 aromatic heterocycles. The van der Waals surface area contributed by atoms with E-state index >= 15 is 0 Å². The minimum absolute atomic E-state index is 0.00515. The summed E-state index contributed by atoms with van der Waals surface area (Å²) in [4.78, 5) is 37.2. The summed E-state index contributed by atoms with van der Waals surface area (Å²) in [5, 5.41) is 20.9. The lowest BCUT2D eigenvalue weighted by Crippen LogP contribution is -2.58. The molecule has 4 aliphatic carbocycles. The van der Waals surface area contributed by atoms with Gasteiger partial charge >= 0.3 is 11.9 Å². The SMILES string of the molecule is COC(=O)[C@]1(C)CCC[C@@]2(C)[C@@H]3CC[C@@]4(C)C[C@@]3(C=C4c3cn(CC(=O)N[C@@H](CC(C)C)C(=O)O)nn3)CC[C@@H]21. The number of nitrogens with one attached hydrogen (secondary N) is 1. The van der Waals surface area contributed by atoms with Gasteiger partial charge in [-0.25, -0.2) is 9.48 Å². The zero-order chi connectivity index (χ0) is 29.1. The third-order valence-corrected chi connectivity index (χ3v) is 11.3. The van der Waals surface area contributed by atoms with E-state index in [4.69, 9.17) is 4.74 Å². The van der Waals surface area contributed by atoms with Crippen molar-refractivity contribution in [1.82, 2.24) is 20.3 Å². The first kappa shape index (κ1) is 28.8. The van der Waals surface area contributed by atoms with Crippen LogP contribution in [0.5, 0.6) is 0 Å². The van der Waals surface area contributed by atoms with Crippen molar-refractivity contribution in [3.8, 4) is 0 Å². The summed E-state index contributed by atoms with van der Waals surface area (Å²) in [7, 11) is 1.52. The lowest BCUT2D eigenvalue weighted by molar-refractivity contribution is -0.182. The fourth-order valence-electron chi connectivity index (χ4n) is 9.68. The molecule has 9 heteroatoms. The van der Waals surface area contributed by atoms with Crippen molar-refractivity contribution in [3.05, 3.63) is 18.0 Å². The van der Waals surface area contributed by atoms with Crippen LogP contribution in [0.4, 0.5) is 0 Å². The van der Waals surface area contributed by atoms with E-state index in [1.807, 2.05) is 20.0 Å². The number of carbonyl (C=O) groups excluding carboxylic acids is 2. The normalized spacial score (nSPS) is 37.2. The van der Waals surface area contributed by atoms with Crippen molar-refractivity contribution < 1.29 is 24.2 Å². The van der Waals surface area contributed by atoms with Crippen LogP contribution in [0.3, 0.4) is 0 Å². The van der Waals surface area contributed by atoms with Crippen molar-refractivity contribution in [2.24, 2.45) is 39.4 Å². The highest BCUT2D eigenvalue weighted by Gasteiger charge is 2.66. The lowest BCUT2D eigenvalue weighted by atomic mass is 9.40. The zero-order valence-electron chi connectivity index (χ0n) is 25.0. The number of ether oxygens (including phenoxy) is 1. The number of nitrogens with zero attached hydrogens (tertiary/aromatic N) is 3. The van der Waals surface area contributed by atoms with Gasteiger partial charge in [0, 0.05) is 0 Å². The molecule has 1 aromatic rings. The van der Waals surface area contributed by atoms with Crippen molar-refractivity contribution in [2.45, 2.75) is 105 Å². The second kappa shape index (κ2) is 9.98. The standard InChI is InChI=1S/C31H46N4O5/c1-19(2)14-21(26(37)38)32-25(36)17-35-16-22(33-34-35)20-15-31-13-9-23-29(4,24(31)8-12-28(20,3)18-31)10-7-11-30(23,5)27(39)40-6/h15-16,19,21,23-24H,7-14,17-18H2,1-6H3,(H,32,36)(H,37,38)/t21-,23-,24-,28-,29+,30+,31-/m0/s1. The largest absolute Gasteiger partial charge is 0.480 e. The number of methoxy groups -OCH3 is 1. The molecule has 220 valence electrons. The van der Waals surface area contributed by atoms with E-state index in [1.165, 1.54) is 17.4 Å². The van der Waals surface area contributed by atoms with Gasteiger partial charge in [0.15, 0.2) is 0 Å². The molecule has 0 saturated heterocycles. The first-order chi connectivity index (χ1) is 18.8. The van der Waals surface area contributed by atoms with E-state index in [-0.39, 0.29) is 40.6 Å². The molecule has 3 fully saturated rings. The maximum Gasteiger partial charge on any atom is 0.326 e. The van der Waals surface area contributed by atoms with Gasteiger partial charge in [-0.05, 0) is 97.9 Å². The van der Waals surface area contributed by atoms with Gasteiger partial charge < -0.3 is 15.2 Å². The smallest absolute Gasteiger partial charge is 0.326 e. The Bertz CT molecular complexity index is 1220. The molecule has 1 spiro atoms. The van der Waals surface area contributed by atoms with Crippen molar-refractivity contribution in [2.75, 3.05) is 7.11 Å². The van der Waals surface area contributed by atoms with Crippen LogP contribution in [-0.4, -0.2) is 51.1 Å². The second-order valence-corrected chi connectivity index (χ2v) is 14.4. The fraction of sp³-hybridized carbons (Fsp3) is 0.774. The maximum atomic E-state index is 13.0. The lowest BCUT2D eigenvalue weighted by Gasteiger charge is -2.64. The number of allylic oxidation sites excluding steroid dienone is 2. The molecule has 3 saturated carbocycles. The molecule has 40 heavy (non-hydrogen) atoms. The van der Waals surface area contributed by atoms with Crippen LogP contribution >= 0.6 is 0 Å². The Labute approximate surface area is 237 Å². The maximum absolute atomic E-state index is 13.0. The van der Waals surface area contributed by atoms with Crippen LogP contribution < -0.4 is 5.32 Å². The molecule has 0 aliphatic heterocycles. The number of hydrogen-bond acceptors (Lipinski definition) is 6. The minimum Gasteiger partial charge on any atom is -0.480 e. The van der Waals surface area contributed by atoms with Gasteiger partial charge in [-0.3, -0.25) is 9.59 Å². The van der Waals surface area contributed by atoms with Gasteiger partial charge in [-0.15, -0.1) is 5.10 Å². The highest BCUT2D eigenvalue weighted by Crippen LogP contribution is 2.74. The van der Waals surface area contributed by atoms with Crippen molar-refractivity contribution >= 4 is 23.4 Å². The first-order valence-electron chi connectivity index (χ1n) is 15.0. The van der Waals surface area contributed by atoms with Gasteiger partial charge in [0.25, 0.3) is 0 Å². The summed E-state index contributed by atoms with van der Waals surface area (Å²) in [5.41, 5.74) is 1.76. The van der Waals surface area contributed by atoms with E-state index in [2.05, 4.69) is 42.5 Å². The number of carboxylic acids is 1. The average Bonchev–Trinajstić information content (AvgIpc) is 3.41. The van der Waals surface area contributed by atoms with E-state index in [0.29, 0.717) is 18.3 Å². The summed E-state index contributed by atoms with van der Waals surface area (Å²) in [5.74, 6) is -0.489. The molecule has 7 atom stereocenters. The quantitative estimate of drug-likeness (QED) is 0.440. The highest BCUT2D eigenvalue weighted by atomic mass is 16.5. The zero-order valence-corrected chi connectivity index (χ0v) is 25.0. The molecule has 0 aromatic carbocycles. The van der Waals surface area contributed by atoms with E-state index in [9.17, 15) is 19.5 Å². The Morgan fingerprint density at radius 1 is 1.12 bits per heavy atom. The number of aromatic nitrogens is 3. The number of carbonyl (C=O) groups is 3. The Morgan fingerprint density at radius 2 is 1.85 bits per heavy atom. The van der Waals surface area contributed by atoms with Crippen LogP contribution in [0.1, 0.15) is 98.1 Å². The predicted octanol–water partition coefficient (Wildman–Crippen LogP) is 4.86. The molecule has 2 bridgehead atoms. The summed E-state index contributed by atoms with van der Waals surface area (Å²) in [6.07, 6.45) is 13.2. The molecule has 4 aliphatic rings. The topological polar surface area (TPSA) is 123 Å². The van der Waals surface area contributed by atoms with Crippen LogP contribution in [0.15, 0.2) is 12.3 Å². The fourth-order valence-corrected chi connectivity index (χ4v) is 9.68. The number of esters is 1. The molecule has 1 heterocycles. The van der Waals surface area contributed by atoms with Crippen LogP contribution in [-0.2, 0) is 25.7 Å². The van der Waals surface area contributed by atoms with Crippen LogP contribution in [0.25, 0.3) is 5.57 Å². The molecule has 2 N–H and O–H groups in total. The molecule has 5 rings (SSSR count). The highest BCUT2D eigenvalue weighted by molar-refractivity contribution is 5.83. The van der Waals surface area contributed by atoms with E-state index in [0.717, 1.165) is 57.1 Å². The van der Waals surface area contributed by atoms with Crippen molar-refractivity contribution in [3.63, 3.8) is 0 Å². The summed E-state index contributed by atoms with van der Waals surface area (Å²) < 4.78 is 6.84. The minimum atomic E-state index is -1.03. The molecule has 0 unspecified atom stereocenters. The summed E-state index contributed by atoms with van der Waals surface area (Å²) >= 11 is 0. The van der Waals surface area contributed by atoms with E-state index in [1.54, 1.807) is 0 Å². The Morgan fingerprint density at radius 3 is 2.52 bits per heavy atom. The summed E-state index contributed by atoms with van der Waals surface area (Å²) in [6, 6.07) is -0.917. The van der Waals surface area contributed by atoms with Crippen LogP contribution in [0, 0.1) is 39.4 Å². The second-order valence-electron chi connectivity index (χ2n) is 14.4. The van der Waals surface area contributed by atoms with Crippen molar-refractivity contribution in [1.29, 1.82) is 0 Å². The molecular weight excluding hydrogens is 508 g/mol. The van der Waals surface area contributed by atoms with E-state index < -0.39 is 17.4 Å². The number of amides is 1. The molecular formula is C31H46N4O5. The Hall–Kier alpha value is -2.71. The van der Waals surface area contributed by atoms with Gasteiger partial charge in [0.1, 0.15) is 18.3 Å². The number of rotatable bonds is 8. The van der Waals surface area contributed by atoms with Gasteiger partial charge in [0.05, 0.1) is 18.7 Å². The number of hydrogen-bond donors (Lipinski definition) is 2. The monoisotopic (exact) mass is 554 g/mol. The third kappa shape index (κ3) is 4.57. The average molecular weight is 555 g/mol. The van der Waals surface area contributed by atoms with Gasteiger partial charge in [0.2, 0.25) is 5.91 Å². The molecule has 1 amide bonds. The Kier molecular flexibility index (Phi) is 7.19. The summed E-state index contributed by atoms with van der Waals surface area (Å²) in [6.45, 7) is 10.7. The number of carboxylic acid groups (broad SMARTS) is 1. The third-order valence-electron chi connectivity index (χ3n) is 11.3. The molecule has 0 radical (unpaired) electrons. The number of aliphatic carboxylic acids is 1. The molecule has 9 nitrogen and oxygen atoms in total. The van der Waals surface area contributed by atoms with Crippen LogP contribution in [0.2, 0.25) is 0 Å². The van der Waals surface area contributed by atoms with Gasteiger partial charge in [-0.1, -0.05) is 45.4 Å². The first-order valence-corrected chi connectivity index (χ1v) is 15.0. The number of fused-ring (bicyclic) bond motifs is 3.